The summed E-state index contributed by atoms with van der Waals surface area (Å²) in [6.45, 7) is 2.00. The number of fused-ring (bicyclic) bond motifs is 1. The lowest BCUT2D eigenvalue weighted by Crippen LogP contribution is -2.13. The van der Waals surface area contributed by atoms with Crippen molar-refractivity contribution in [2.24, 2.45) is 0 Å². The summed E-state index contributed by atoms with van der Waals surface area (Å²) in [5.41, 5.74) is 9.41. The van der Waals surface area contributed by atoms with Crippen LogP contribution < -0.4 is 5.73 Å². The summed E-state index contributed by atoms with van der Waals surface area (Å²) in [4.78, 5) is 13.5. The average Bonchev–Trinajstić information content (AvgIpc) is 2.75. The minimum absolute atomic E-state index is 0.669. The lowest BCUT2D eigenvalue weighted by Gasteiger charge is -2.16. The molecule has 2 heterocycles. The Morgan fingerprint density at radius 3 is 2.83 bits per heavy atom. The van der Waals surface area contributed by atoms with Crippen LogP contribution in [0.15, 0.2) is 5.38 Å². The normalized spacial score (nSPS) is 14.5. The Balaban J connectivity index is 1.91. The van der Waals surface area contributed by atoms with E-state index < -0.39 is 0 Å². The van der Waals surface area contributed by atoms with Gasteiger partial charge < -0.3 is 5.73 Å². The molecular weight excluding hydrogens is 244 g/mol. The fraction of sp³-hybridized carbons (Fsp3) is 0.462. The van der Waals surface area contributed by atoms with Crippen LogP contribution in [-0.4, -0.2) is 15.0 Å². The SMILES string of the molecule is Cc1csc(Cc2nc(N)c3c(n2)CCCC3)n1. The molecule has 94 valence electrons. The predicted octanol–water partition coefficient (Wildman–Crippen LogP) is 2.29. The third-order valence-corrected chi connectivity index (χ3v) is 4.20. The number of rotatable bonds is 2. The summed E-state index contributed by atoms with van der Waals surface area (Å²) in [5, 5.41) is 3.11. The average molecular weight is 260 g/mol. The molecule has 0 saturated carbocycles. The van der Waals surface area contributed by atoms with Gasteiger partial charge in [0.2, 0.25) is 0 Å². The third-order valence-electron chi connectivity index (χ3n) is 3.24. The maximum atomic E-state index is 6.03. The minimum Gasteiger partial charge on any atom is -0.383 e. The molecule has 0 fully saturated rings. The zero-order valence-corrected chi connectivity index (χ0v) is 11.3. The van der Waals surface area contributed by atoms with E-state index in [0.717, 1.165) is 35.1 Å². The number of anilines is 1. The standard InChI is InChI=1S/C13H16N4S/c1-8-7-18-12(15-8)6-11-16-10-5-3-2-4-9(10)13(14)17-11/h7H,2-6H2,1H3,(H2,14,16,17). The molecule has 0 aromatic carbocycles. The summed E-state index contributed by atoms with van der Waals surface area (Å²) in [7, 11) is 0. The minimum atomic E-state index is 0.669. The summed E-state index contributed by atoms with van der Waals surface area (Å²) in [5.74, 6) is 1.48. The zero-order chi connectivity index (χ0) is 12.5. The van der Waals surface area contributed by atoms with E-state index in [9.17, 15) is 0 Å². The van der Waals surface area contributed by atoms with Crippen LogP contribution in [-0.2, 0) is 19.3 Å². The molecule has 2 aromatic heterocycles. The number of nitrogens with two attached hydrogens (primary N) is 1. The highest BCUT2D eigenvalue weighted by atomic mass is 32.1. The van der Waals surface area contributed by atoms with Crippen molar-refractivity contribution in [1.29, 1.82) is 0 Å². The highest BCUT2D eigenvalue weighted by Crippen LogP contribution is 2.24. The molecule has 2 aromatic rings. The molecule has 0 bridgehead atoms. The van der Waals surface area contributed by atoms with E-state index in [1.807, 2.05) is 6.92 Å². The Morgan fingerprint density at radius 1 is 1.22 bits per heavy atom. The Labute approximate surface area is 110 Å². The first kappa shape index (κ1) is 11.6. The van der Waals surface area contributed by atoms with Gasteiger partial charge in [-0.3, -0.25) is 0 Å². The number of nitrogens with zero attached hydrogens (tertiary/aromatic N) is 3. The van der Waals surface area contributed by atoms with Crippen molar-refractivity contribution in [3.05, 3.63) is 33.2 Å². The molecule has 1 aliphatic rings. The van der Waals surface area contributed by atoms with Gasteiger partial charge in [-0.25, -0.2) is 15.0 Å². The van der Waals surface area contributed by atoms with Crippen LogP contribution in [0.4, 0.5) is 5.82 Å². The largest absolute Gasteiger partial charge is 0.383 e. The molecule has 0 amide bonds. The van der Waals surface area contributed by atoms with E-state index in [1.165, 1.54) is 18.4 Å². The molecule has 0 spiro atoms. The molecule has 3 rings (SSSR count). The monoisotopic (exact) mass is 260 g/mol. The first-order valence-electron chi connectivity index (χ1n) is 6.27. The van der Waals surface area contributed by atoms with Crippen molar-refractivity contribution in [3.8, 4) is 0 Å². The molecule has 18 heavy (non-hydrogen) atoms. The van der Waals surface area contributed by atoms with Crippen molar-refractivity contribution >= 4 is 17.2 Å². The van der Waals surface area contributed by atoms with Crippen molar-refractivity contribution < 1.29 is 0 Å². The number of nitrogen functional groups attached to an aromatic ring is 1. The Hall–Kier alpha value is -1.49. The van der Waals surface area contributed by atoms with Gasteiger partial charge in [0.15, 0.2) is 0 Å². The Morgan fingerprint density at radius 2 is 2.06 bits per heavy atom. The second-order valence-electron chi connectivity index (χ2n) is 4.72. The maximum absolute atomic E-state index is 6.03. The first-order chi connectivity index (χ1) is 8.72. The lowest BCUT2D eigenvalue weighted by atomic mass is 9.96. The molecule has 0 unspecified atom stereocenters. The van der Waals surface area contributed by atoms with Gasteiger partial charge in [-0.2, -0.15) is 0 Å². The van der Waals surface area contributed by atoms with E-state index in [1.54, 1.807) is 11.3 Å². The molecule has 0 saturated heterocycles. The molecule has 0 aliphatic heterocycles. The molecule has 0 atom stereocenters. The first-order valence-corrected chi connectivity index (χ1v) is 7.15. The Kier molecular flexibility index (Phi) is 2.99. The summed E-state index contributed by atoms with van der Waals surface area (Å²) in [6, 6.07) is 0. The van der Waals surface area contributed by atoms with E-state index in [2.05, 4.69) is 20.3 Å². The van der Waals surface area contributed by atoms with Gasteiger partial charge in [0.05, 0.1) is 6.42 Å². The van der Waals surface area contributed by atoms with Gasteiger partial charge in [0.1, 0.15) is 16.6 Å². The third kappa shape index (κ3) is 2.22. The van der Waals surface area contributed by atoms with Gasteiger partial charge in [0.25, 0.3) is 0 Å². The van der Waals surface area contributed by atoms with Crippen LogP contribution in [0.3, 0.4) is 0 Å². The molecule has 0 radical (unpaired) electrons. The number of aryl methyl sites for hydroxylation is 2. The van der Waals surface area contributed by atoms with Crippen molar-refractivity contribution in [1.82, 2.24) is 15.0 Å². The van der Waals surface area contributed by atoms with Crippen molar-refractivity contribution in [2.75, 3.05) is 5.73 Å². The number of thiazole rings is 1. The van der Waals surface area contributed by atoms with Crippen LogP contribution in [0.2, 0.25) is 0 Å². The molecule has 1 aliphatic carbocycles. The van der Waals surface area contributed by atoms with Gasteiger partial charge >= 0.3 is 0 Å². The summed E-state index contributed by atoms with van der Waals surface area (Å²) >= 11 is 1.66. The zero-order valence-electron chi connectivity index (χ0n) is 10.4. The van der Waals surface area contributed by atoms with Crippen molar-refractivity contribution in [3.63, 3.8) is 0 Å². The lowest BCUT2D eigenvalue weighted by molar-refractivity contribution is 0.658. The van der Waals surface area contributed by atoms with Crippen molar-refractivity contribution in [2.45, 2.75) is 39.0 Å². The van der Waals surface area contributed by atoms with Crippen LogP contribution in [0.1, 0.15) is 40.6 Å². The van der Waals surface area contributed by atoms with Gasteiger partial charge in [-0.1, -0.05) is 0 Å². The van der Waals surface area contributed by atoms with Gasteiger partial charge in [0, 0.05) is 22.3 Å². The number of hydrogen-bond acceptors (Lipinski definition) is 5. The molecule has 5 heteroatoms. The molecule has 2 N–H and O–H groups in total. The van der Waals surface area contributed by atoms with Crippen LogP contribution >= 0.6 is 11.3 Å². The molecular formula is C13H16N4S. The van der Waals surface area contributed by atoms with Crippen LogP contribution in [0, 0.1) is 6.92 Å². The van der Waals surface area contributed by atoms with Crippen LogP contribution in [0.25, 0.3) is 0 Å². The maximum Gasteiger partial charge on any atom is 0.137 e. The molecule has 4 nitrogen and oxygen atoms in total. The predicted molar refractivity (Wildman–Crippen MR) is 72.7 cm³/mol. The smallest absolute Gasteiger partial charge is 0.137 e. The topological polar surface area (TPSA) is 64.7 Å². The van der Waals surface area contributed by atoms with E-state index in [-0.39, 0.29) is 0 Å². The second-order valence-corrected chi connectivity index (χ2v) is 5.66. The summed E-state index contributed by atoms with van der Waals surface area (Å²) < 4.78 is 0. The number of hydrogen-bond donors (Lipinski definition) is 1. The van der Waals surface area contributed by atoms with E-state index >= 15 is 0 Å². The van der Waals surface area contributed by atoms with E-state index in [0.29, 0.717) is 12.2 Å². The Bertz CT molecular complexity index is 576. The van der Waals surface area contributed by atoms with Gasteiger partial charge in [-0.05, 0) is 32.6 Å². The fourth-order valence-electron chi connectivity index (χ4n) is 2.37. The fourth-order valence-corrected chi connectivity index (χ4v) is 3.14. The highest BCUT2D eigenvalue weighted by molar-refractivity contribution is 7.09. The second kappa shape index (κ2) is 4.65. The quantitative estimate of drug-likeness (QED) is 0.899. The summed E-state index contributed by atoms with van der Waals surface area (Å²) in [6.07, 6.45) is 5.16. The van der Waals surface area contributed by atoms with E-state index in [4.69, 9.17) is 5.73 Å². The highest BCUT2D eigenvalue weighted by Gasteiger charge is 2.16. The van der Waals surface area contributed by atoms with Gasteiger partial charge in [-0.15, -0.1) is 11.3 Å². The van der Waals surface area contributed by atoms with Crippen LogP contribution in [0.5, 0.6) is 0 Å². The number of aromatic nitrogens is 3.